The van der Waals surface area contributed by atoms with Gasteiger partial charge in [0.15, 0.2) is 0 Å². The first kappa shape index (κ1) is 11.6. The maximum Gasteiger partial charge on any atom is 0.262 e. The van der Waals surface area contributed by atoms with Crippen molar-refractivity contribution in [2.45, 2.75) is 20.4 Å². The van der Waals surface area contributed by atoms with Gasteiger partial charge in [-0.3, -0.25) is 14.5 Å². The van der Waals surface area contributed by atoms with Gasteiger partial charge in [0, 0.05) is 6.20 Å². The van der Waals surface area contributed by atoms with Crippen molar-refractivity contribution in [2.75, 3.05) is 0 Å². The van der Waals surface area contributed by atoms with Gasteiger partial charge in [-0.2, -0.15) is 0 Å². The van der Waals surface area contributed by atoms with Crippen molar-refractivity contribution in [3.05, 3.63) is 52.6 Å². The SMILES string of the molecule is Cc1ccc(C)c2c1C(=O)N(Cc1cnc[nH]1)C2=O. The molecular weight excluding hydrogens is 242 g/mol. The molecule has 0 radical (unpaired) electrons. The highest BCUT2D eigenvalue weighted by Crippen LogP contribution is 2.29. The van der Waals surface area contributed by atoms with Crippen molar-refractivity contribution in [1.29, 1.82) is 0 Å². The molecule has 0 bridgehead atoms. The van der Waals surface area contributed by atoms with Gasteiger partial charge in [0.1, 0.15) is 0 Å². The van der Waals surface area contributed by atoms with E-state index in [2.05, 4.69) is 9.97 Å². The number of nitrogens with zero attached hydrogens (tertiary/aromatic N) is 2. The minimum Gasteiger partial charge on any atom is -0.347 e. The number of H-pyrrole nitrogens is 1. The third kappa shape index (κ3) is 1.66. The van der Waals surface area contributed by atoms with Gasteiger partial charge in [0.2, 0.25) is 0 Å². The van der Waals surface area contributed by atoms with E-state index in [-0.39, 0.29) is 18.4 Å². The molecule has 5 heteroatoms. The van der Waals surface area contributed by atoms with Crippen molar-refractivity contribution in [2.24, 2.45) is 0 Å². The fourth-order valence-corrected chi connectivity index (χ4v) is 2.41. The van der Waals surface area contributed by atoms with Gasteiger partial charge in [0.25, 0.3) is 11.8 Å². The van der Waals surface area contributed by atoms with Crippen LogP contribution >= 0.6 is 0 Å². The largest absolute Gasteiger partial charge is 0.347 e. The fourth-order valence-electron chi connectivity index (χ4n) is 2.41. The molecule has 2 heterocycles. The Balaban J connectivity index is 2.05. The van der Waals surface area contributed by atoms with E-state index in [1.807, 2.05) is 26.0 Å². The van der Waals surface area contributed by atoms with E-state index in [1.165, 1.54) is 11.2 Å². The minimum absolute atomic E-state index is 0.226. The third-order valence-electron chi connectivity index (χ3n) is 3.42. The predicted octanol–water partition coefficient (Wildman–Crippen LogP) is 1.82. The number of carbonyl (C=O) groups is 2. The molecule has 0 atom stereocenters. The van der Waals surface area contributed by atoms with Crippen molar-refractivity contribution < 1.29 is 9.59 Å². The summed E-state index contributed by atoms with van der Waals surface area (Å²) in [6.07, 6.45) is 3.15. The first-order valence-electron chi connectivity index (χ1n) is 6.03. The summed E-state index contributed by atoms with van der Waals surface area (Å²) in [5, 5.41) is 0. The first-order chi connectivity index (χ1) is 9.09. The monoisotopic (exact) mass is 255 g/mol. The highest BCUT2D eigenvalue weighted by Gasteiger charge is 2.37. The van der Waals surface area contributed by atoms with Crippen LogP contribution in [0.2, 0.25) is 0 Å². The second-order valence-corrected chi connectivity index (χ2v) is 4.72. The summed E-state index contributed by atoms with van der Waals surface area (Å²) in [6.45, 7) is 3.93. The number of aromatic nitrogens is 2. The molecular formula is C14H13N3O2. The summed E-state index contributed by atoms with van der Waals surface area (Å²) < 4.78 is 0. The Morgan fingerprint density at radius 2 is 1.68 bits per heavy atom. The van der Waals surface area contributed by atoms with Crippen LogP contribution in [0.4, 0.5) is 0 Å². The molecule has 1 aromatic heterocycles. The molecule has 0 fully saturated rings. The number of aromatic amines is 1. The molecule has 3 rings (SSSR count). The molecule has 1 aliphatic rings. The zero-order valence-electron chi connectivity index (χ0n) is 10.7. The number of hydrogen-bond donors (Lipinski definition) is 1. The number of fused-ring (bicyclic) bond motifs is 1. The summed E-state index contributed by atoms with van der Waals surface area (Å²) in [6, 6.07) is 3.75. The molecule has 0 saturated carbocycles. The Bertz CT molecular complexity index is 633. The molecule has 1 N–H and O–H groups in total. The average molecular weight is 255 g/mol. The van der Waals surface area contributed by atoms with Crippen LogP contribution in [-0.4, -0.2) is 26.7 Å². The molecule has 2 aromatic rings. The molecule has 0 spiro atoms. The minimum atomic E-state index is -0.226. The second kappa shape index (κ2) is 4.05. The Morgan fingerprint density at radius 3 is 2.16 bits per heavy atom. The molecule has 1 aliphatic heterocycles. The lowest BCUT2D eigenvalue weighted by Gasteiger charge is -2.12. The number of hydrogen-bond acceptors (Lipinski definition) is 3. The van der Waals surface area contributed by atoms with Crippen LogP contribution in [0, 0.1) is 13.8 Å². The van der Waals surface area contributed by atoms with Gasteiger partial charge < -0.3 is 4.98 Å². The summed E-state index contributed by atoms with van der Waals surface area (Å²) in [5.74, 6) is -0.452. The van der Waals surface area contributed by atoms with Gasteiger partial charge in [-0.05, 0) is 25.0 Å². The number of imide groups is 1. The third-order valence-corrected chi connectivity index (χ3v) is 3.42. The molecule has 0 saturated heterocycles. The highest BCUT2D eigenvalue weighted by molar-refractivity contribution is 6.22. The van der Waals surface area contributed by atoms with Crippen molar-refractivity contribution in [3.8, 4) is 0 Å². The normalized spacial score (nSPS) is 14.1. The lowest BCUT2D eigenvalue weighted by Crippen LogP contribution is -2.29. The molecule has 0 aliphatic carbocycles. The average Bonchev–Trinajstić information content (AvgIpc) is 2.97. The van der Waals surface area contributed by atoms with E-state index in [9.17, 15) is 9.59 Å². The standard InChI is InChI=1S/C14H13N3O2/c1-8-3-4-9(2)12-11(8)13(18)17(14(12)19)6-10-5-15-7-16-10/h3-5,7H,6H2,1-2H3,(H,15,16). The van der Waals surface area contributed by atoms with E-state index in [0.717, 1.165) is 16.8 Å². The van der Waals surface area contributed by atoms with Crippen molar-refractivity contribution in [1.82, 2.24) is 14.9 Å². The summed E-state index contributed by atoms with van der Waals surface area (Å²) >= 11 is 0. The van der Waals surface area contributed by atoms with E-state index in [0.29, 0.717) is 11.1 Å². The number of carbonyl (C=O) groups excluding carboxylic acids is 2. The Morgan fingerprint density at radius 1 is 1.11 bits per heavy atom. The highest BCUT2D eigenvalue weighted by atomic mass is 16.2. The van der Waals surface area contributed by atoms with E-state index in [1.54, 1.807) is 6.20 Å². The zero-order chi connectivity index (χ0) is 13.6. The lowest BCUT2D eigenvalue weighted by atomic mass is 9.99. The number of imidazole rings is 1. The lowest BCUT2D eigenvalue weighted by molar-refractivity contribution is 0.0640. The molecule has 0 unspecified atom stereocenters. The quantitative estimate of drug-likeness (QED) is 0.832. The van der Waals surface area contributed by atoms with Crippen LogP contribution in [0.25, 0.3) is 0 Å². The smallest absolute Gasteiger partial charge is 0.262 e. The van der Waals surface area contributed by atoms with Crippen LogP contribution in [0.1, 0.15) is 37.5 Å². The van der Waals surface area contributed by atoms with Crippen LogP contribution in [-0.2, 0) is 6.54 Å². The Kier molecular flexibility index (Phi) is 2.48. The van der Waals surface area contributed by atoms with E-state index in [4.69, 9.17) is 0 Å². The van der Waals surface area contributed by atoms with Gasteiger partial charge >= 0.3 is 0 Å². The molecule has 1 aromatic carbocycles. The molecule has 5 nitrogen and oxygen atoms in total. The van der Waals surface area contributed by atoms with E-state index >= 15 is 0 Å². The van der Waals surface area contributed by atoms with Crippen LogP contribution in [0.15, 0.2) is 24.7 Å². The Labute approximate surface area is 110 Å². The number of nitrogens with one attached hydrogen (secondary N) is 1. The van der Waals surface area contributed by atoms with Gasteiger partial charge in [-0.15, -0.1) is 0 Å². The van der Waals surface area contributed by atoms with E-state index < -0.39 is 0 Å². The molecule has 96 valence electrons. The summed E-state index contributed by atoms with van der Waals surface area (Å²) in [7, 11) is 0. The first-order valence-corrected chi connectivity index (χ1v) is 6.03. The van der Waals surface area contributed by atoms with Gasteiger partial charge in [0.05, 0.1) is 29.7 Å². The maximum absolute atomic E-state index is 12.4. The summed E-state index contributed by atoms with van der Waals surface area (Å²) in [5.41, 5.74) is 3.48. The number of benzene rings is 1. The number of rotatable bonds is 2. The van der Waals surface area contributed by atoms with Gasteiger partial charge in [-0.25, -0.2) is 4.98 Å². The summed E-state index contributed by atoms with van der Waals surface area (Å²) in [4.78, 5) is 32.8. The number of aryl methyl sites for hydroxylation is 2. The van der Waals surface area contributed by atoms with Gasteiger partial charge in [-0.1, -0.05) is 12.1 Å². The van der Waals surface area contributed by atoms with Crippen LogP contribution in [0.5, 0.6) is 0 Å². The fraction of sp³-hybridized carbons (Fsp3) is 0.214. The molecule has 19 heavy (non-hydrogen) atoms. The van der Waals surface area contributed by atoms with Crippen LogP contribution in [0.3, 0.4) is 0 Å². The zero-order valence-corrected chi connectivity index (χ0v) is 10.7. The topological polar surface area (TPSA) is 66.1 Å². The number of amides is 2. The molecule has 2 amide bonds. The van der Waals surface area contributed by atoms with Crippen molar-refractivity contribution in [3.63, 3.8) is 0 Å². The van der Waals surface area contributed by atoms with Crippen molar-refractivity contribution >= 4 is 11.8 Å². The van der Waals surface area contributed by atoms with Crippen LogP contribution < -0.4 is 0 Å². The maximum atomic E-state index is 12.4. The predicted molar refractivity (Wildman–Crippen MR) is 68.7 cm³/mol. The second-order valence-electron chi connectivity index (χ2n) is 4.72. The Hall–Kier alpha value is -2.43.